The highest BCUT2D eigenvalue weighted by molar-refractivity contribution is 5.98. The van der Waals surface area contributed by atoms with Gasteiger partial charge in [-0.15, -0.1) is 0 Å². The smallest absolute Gasteiger partial charge is 0.368 e. The lowest BCUT2D eigenvalue weighted by Gasteiger charge is -2.39. The number of carbonyl (C=O) groups excluding carboxylic acids is 2. The topological polar surface area (TPSA) is 81.9 Å². The molecular weight excluding hydrogens is 423 g/mol. The number of imide groups is 1. The molecule has 3 aliphatic rings. The molecule has 0 saturated carbocycles. The van der Waals surface area contributed by atoms with E-state index in [1.54, 1.807) is 11.0 Å². The number of anilines is 1. The van der Waals surface area contributed by atoms with E-state index < -0.39 is 29.5 Å². The second-order valence-electron chi connectivity index (χ2n) is 9.12. The molecule has 3 heterocycles. The minimum atomic E-state index is -4.51. The van der Waals surface area contributed by atoms with Gasteiger partial charge < -0.3 is 4.90 Å². The standard InChI is InChI=1S/C22H30F3N5O2/c23-22(24,25)18-11-16(17-12-20(31)27-21(32)13-17)1-2-19(18)29-9-7-28(8-10-29)14-15-3-5-30(26)6-4-15/h1-2,11,15,17H,3-10,12-14,26H2,(H,27,31,32). The van der Waals surface area contributed by atoms with Gasteiger partial charge in [0.25, 0.3) is 0 Å². The normalized spacial score (nSPS) is 22.9. The summed E-state index contributed by atoms with van der Waals surface area (Å²) >= 11 is 0. The summed E-state index contributed by atoms with van der Waals surface area (Å²) in [5.74, 6) is 4.98. The average molecular weight is 454 g/mol. The van der Waals surface area contributed by atoms with Gasteiger partial charge in [0.1, 0.15) is 0 Å². The van der Waals surface area contributed by atoms with E-state index in [0.717, 1.165) is 51.6 Å². The van der Waals surface area contributed by atoms with E-state index in [1.807, 2.05) is 5.01 Å². The number of nitrogens with one attached hydrogen (secondary N) is 1. The zero-order chi connectivity index (χ0) is 22.9. The van der Waals surface area contributed by atoms with Crippen LogP contribution in [0.1, 0.15) is 42.7 Å². The summed E-state index contributed by atoms with van der Waals surface area (Å²) in [7, 11) is 0. The fourth-order valence-electron chi connectivity index (χ4n) is 5.00. The zero-order valence-electron chi connectivity index (χ0n) is 18.0. The van der Waals surface area contributed by atoms with Gasteiger partial charge >= 0.3 is 6.18 Å². The molecule has 3 aliphatic heterocycles. The molecule has 4 rings (SSSR count). The number of hydrogen-bond acceptors (Lipinski definition) is 6. The highest BCUT2D eigenvalue weighted by Crippen LogP contribution is 2.40. The second-order valence-corrected chi connectivity index (χ2v) is 9.12. The number of carbonyl (C=O) groups is 2. The van der Waals surface area contributed by atoms with Crippen molar-refractivity contribution in [1.82, 2.24) is 15.2 Å². The maximum Gasteiger partial charge on any atom is 0.418 e. The van der Waals surface area contributed by atoms with Crippen molar-refractivity contribution < 1.29 is 22.8 Å². The molecule has 0 unspecified atom stereocenters. The molecule has 1 aromatic rings. The third-order valence-electron chi connectivity index (χ3n) is 6.82. The minimum Gasteiger partial charge on any atom is -0.368 e. The lowest BCUT2D eigenvalue weighted by molar-refractivity contribution is -0.137. The van der Waals surface area contributed by atoms with E-state index in [1.165, 1.54) is 6.07 Å². The Bertz CT molecular complexity index is 830. The van der Waals surface area contributed by atoms with Crippen LogP contribution in [0.4, 0.5) is 18.9 Å². The number of alkyl halides is 3. The Labute approximate surface area is 185 Å². The van der Waals surface area contributed by atoms with Crippen molar-refractivity contribution in [3.63, 3.8) is 0 Å². The first kappa shape index (κ1) is 23.0. The van der Waals surface area contributed by atoms with Crippen molar-refractivity contribution in [3.8, 4) is 0 Å². The minimum absolute atomic E-state index is 0.0180. The van der Waals surface area contributed by atoms with Gasteiger partial charge in [-0.05, 0) is 36.5 Å². The Morgan fingerprint density at radius 3 is 2.19 bits per heavy atom. The number of amides is 2. The molecule has 2 amide bonds. The van der Waals surface area contributed by atoms with Crippen LogP contribution in [-0.2, 0) is 15.8 Å². The van der Waals surface area contributed by atoms with Crippen LogP contribution >= 0.6 is 0 Å². The molecule has 3 saturated heterocycles. The number of piperazine rings is 1. The average Bonchev–Trinajstić information content (AvgIpc) is 2.74. The van der Waals surface area contributed by atoms with E-state index >= 15 is 0 Å². The number of hydrogen-bond donors (Lipinski definition) is 2. The van der Waals surface area contributed by atoms with Crippen LogP contribution in [0.2, 0.25) is 0 Å². The molecule has 10 heteroatoms. The first-order valence-electron chi connectivity index (χ1n) is 11.2. The molecule has 0 bridgehead atoms. The molecule has 3 fully saturated rings. The first-order valence-corrected chi connectivity index (χ1v) is 11.2. The summed E-state index contributed by atoms with van der Waals surface area (Å²) in [6, 6.07) is 4.26. The van der Waals surface area contributed by atoms with E-state index in [2.05, 4.69) is 10.2 Å². The molecule has 0 aliphatic carbocycles. The highest BCUT2D eigenvalue weighted by atomic mass is 19.4. The number of benzene rings is 1. The summed E-state index contributed by atoms with van der Waals surface area (Å²) in [6.07, 6.45) is -2.37. The van der Waals surface area contributed by atoms with Gasteiger partial charge in [0, 0.05) is 70.3 Å². The quantitative estimate of drug-likeness (QED) is 0.536. The monoisotopic (exact) mass is 453 g/mol. The van der Waals surface area contributed by atoms with Gasteiger partial charge in [-0.1, -0.05) is 6.07 Å². The fourth-order valence-corrected chi connectivity index (χ4v) is 5.00. The zero-order valence-corrected chi connectivity index (χ0v) is 18.0. The predicted octanol–water partition coefficient (Wildman–Crippen LogP) is 1.93. The third-order valence-corrected chi connectivity index (χ3v) is 6.82. The molecule has 176 valence electrons. The molecule has 7 nitrogen and oxygen atoms in total. The lowest BCUT2D eigenvalue weighted by Crippen LogP contribution is -2.49. The lowest BCUT2D eigenvalue weighted by atomic mass is 9.88. The molecule has 0 radical (unpaired) electrons. The van der Waals surface area contributed by atoms with Crippen LogP contribution in [0.15, 0.2) is 18.2 Å². The maximum atomic E-state index is 13.9. The third kappa shape index (κ3) is 5.41. The summed E-state index contributed by atoms with van der Waals surface area (Å²) in [6.45, 7) is 5.24. The number of hydrazine groups is 1. The number of piperidine rings is 2. The Balaban J connectivity index is 1.44. The van der Waals surface area contributed by atoms with E-state index in [0.29, 0.717) is 24.6 Å². The van der Waals surface area contributed by atoms with E-state index in [9.17, 15) is 22.8 Å². The van der Waals surface area contributed by atoms with Crippen molar-refractivity contribution in [2.45, 2.75) is 37.8 Å². The van der Waals surface area contributed by atoms with E-state index in [4.69, 9.17) is 5.84 Å². The van der Waals surface area contributed by atoms with Crippen molar-refractivity contribution >= 4 is 17.5 Å². The van der Waals surface area contributed by atoms with Crippen molar-refractivity contribution in [2.24, 2.45) is 11.8 Å². The largest absolute Gasteiger partial charge is 0.418 e. The van der Waals surface area contributed by atoms with Crippen molar-refractivity contribution in [2.75, 3.05) is 50.7 Å². The molecule has 0 spiro atoms. The summed E-state index contributed by atoms with van der Waals surface area (Å²) < 4.78 is 41.8. The Morgan fingerprint density at radius 1 is 0.969 bits per heavy atom. The summed E-state index contributed by atoms with van der Waals surface area (Å²) in [5, 5.41) is 4.04. The van der Waals surface area contributed by atoms with Crippen LogP contribution in [0.3, 0.4) is 0 Å². The SMILES string of the molecule is NN1CCC(CN2CCN(c3ccc(C4CC(=O)NC(=O)C4)cc3C(F)(F)F)CC2)CC1. The molecular formula is C22H30F3N5O2. The van der Waals surface area contributed by atoms with Crippen molar-refractivity contribution in [1.29, 1.82) is 0 Å². The van der Waals surface area contributed by atoms with Crippen LogP contribution in [0.5, 0.6) is 0 Å². The maximum absolute atomic E-state index is 13.9. The van der Waals surface area contributed by atoms with Gasteiger partial charge in [-0.3, -0.25) is 25.6 Å². The van der Waals surface area contributed by atoms with Gasteiger partial charge in [0.2, 0.25) is 11.8 Å². The van der Waals surface area contributed by atoms with E-state index in [-0.39, 0.29) is 18.5 Å². The summed E-state index contributed by atoms with van der Waals surface area (Å²) in [4.78, 5) is 27.5. The first-order chi connectivity index (χ1) is 15.2. The second kappa shape index (κ2) is 9.36. The van der Waals surface area contributed by atoms with Crippen LogP contribution in [0, 0.1) is 5.92 Å². The number of halogens is 3. The van der Waals surface area contributed by atoms with Gasteiger partial charge in [-0.2, -0.15) is 13.2 Å². The van der Waals surface area contributed by atoms with Gasteiger partial charge in [0.05, 0.1) is 5.56 Å². The number of nitrogens with two attached hydrogens (primary N) is 1. The number of nitrogens with zero attached hydrogens (tertiary/aromatic N) is 3. The van der Waals surface area contributed by atoms with Gasteiger partial charge in [0.15, 0.2) is 0 Å². The predicted molar refractivity (Wildman–Crippen MR) is 114 cm³/mol. The fraction of sp³-hybridized carbons (Fsp3) is 0.636. The number of rotatable bonds is 4. The summed E-state index contributed by atoms with van der Waals surface area (Å²) in [5.41, 5.74) is -0.143. The Kier molecular flexibility index (Phi) is 6.73. The highest BCUT2D eigenvalue weighted by Gasteiger charge is 2.37. The van der Waals surface area contributed by atoms with Crippen molar-refractivity contribution in [3.05, 3.63) is 29.3 Å². The molecule has 3 N–H and O–H groups in total. The Hall–Kier alpha value is -2.17. The molecule has 0 atom stereocenters. The Morgan fingerprint density at radius 2 is 1.59 bits per heavy atom. The van der Waals surface area contributed by atoms with Crippen LogP contribution < -0.4 is 16.1 Å². The van der Waals surface area contributed by atoms with Crippen LogP contribution in [0.25, 0.3) is 0 Å². The molecule has 0 aromatic heterocycles. The van der Waals surface area contributed by atoms with Gasteiger partial charge in [-0.25, -0.2) is 5.01 Å². The molecule has 1 aromatic carbocycles. The molecule has 32 heavy (non-hydrogen) atoms. The van der Waals surface area contributed by atoms with Crippen LogP contribution in [-0.4, -0.2) is 67.5 Å².